The maximum atomic E-state index is 13.5. The first-order chi connectivity index (χ1) is 11.6. The summed E-state index contributed by atoms with van der Waals surface area (Å²) in [7, 11) is 1.72. The van der Waals surface area contributed by atoms with Crippen molar-refractivity contribution in [1.82, 2.24) is 5.32 Å². The molecule has 2 fully saturated rings. The maximum absolute atomic E-state index is 13.5. The molecule has 0 bridgehead atoms. The highest BCUT2D eigenvalue weighted by Gasteiger charge is 2.36. The summed E-state index contributed by atoms with van der Waals surface area (Å²) in [6.07, 6.45) is 11.4. The van der Waals surface area contributed by atoms with Crippen LogP contribution in [0.4, 0.5) is 20.6 Å². The van der Waals surface area contributed by atoms with Gasteiger partial charge in [0.05, 0.1) is 0 Å². The maximum Gasteiger partial charge on any atom is 0.319 e. The number of halogens is 1. The highest BCUT2D eigenvalue weighted by Crippen LogP contribution is 2.47. The molecule has 0 aliphatic heterocycles. The molecule has 132 valence electrons. The highest BCUT2D eigenvalue weighted by atomic mass is 19.1. The summed E-state index contributed by atoms with van der Waals surface area (Å²) in [4.78, 5) is 12.2. The number of urea groups is 1. The number of anilines is 2. The third-order valence-electron chi connectivity index (χ3n) is 5.74. The number of hydrogen-bond acceptors (Lipinski definition) is 2. The molecule has 3 N–H and O–H groups in total. The Balaban J connectivity index is 1.50. The van der Waals surface area contributed by atoms with Crippen LogP contribution in [0.25, 0.3) is 0 Å². The zero-order valence-electron chi connectivity index (χ0n) is 14.5. The Kier molecular flexibility index (Phi) is 5.27. The van der Waals surface area contributed by atoms with Crippen molar-refractivity contribution in [2.75, 3.05) is 17.7 Å². The average Bonchev–Trinajstić information content (AvgIpc) is 2.57. The molecule has 0 unspecified atom stereocenters. The summed E-state index contributed by atoms with van der Waals surface area (Å²) >= 11 is 0. The van der Waals surface area contributed by atoms with Crippen LogP contribution in [0.15, 0.2) is 18.2 Å². The van der Waals surface area contributed by atoms with E-state index in [0.717, 1.165) is 12.8 Å². The third kappa shape index (κ3) is 4.19. The van der Waals surface area contributed by atoms with Gasteiger partial charge in [-0.15, -0.1) is 0 Å². The minimum atomic E-state index is -0.367. The van der Waals surface area contributed by atoms with Crippen LogP contribution < -0.4 is 16.0 Å². The van der Waals surface area contributed by atoms with E-state index in [1.54, 1.807) is 13.1 Å². The molecule has 24 heavy (non-hydrogen) atoms. The Morgan fingerprint density at radius 3 is 2.38 bits per heavy atom. The van der Waals surface area contributed by atoms with Crippen molar-refractivity contribution in [1.29, 1.82) is 0 Å². The second-order valence-electron chi connectivity index (χ2n) is 7.41. The Hall–Kier alpha value is -1.78. The lowest BCUT2D eigenvalue weighted by Crippen LogP contribution is -2.43. The monoisotopic (exact) mass is 333 g/mol. The first kappa shape index (κ1) is 17.1. The Morgan fingerprint density at radius 2 is 1.71 bits per heavy atom. The lowest BCUT2D eigenvalue weighted by molar-refractivity contribution is 0.109. The van der Waals surface area contributed by atoms with Gasteiger partial charge >= 0.3 is 6.03 Å². The number of hydrogen-bond donors (Lipinski definition) is 3. The van der Waals surface area contributed by atoms with Crippen molar-refractivity contribution >= 4 is 17.4 Å². The smallest absolute Gasteiger partial charge is 0.319 e. The van der Waals surface area contributed by atoms with Crippen molar-refractivity contribution in [2.45, 2.75) is 63.8 Å². The topological polar surface area (TPSA) is 53.2 Å². The molecule has 0 aromatic heterocycles. The Morgan fingerprint density at radius 1 is 1.04 bits per heavy atom. The van der Waals surface area contributed by atoms with E-state index in [1.165, 1.54) is 57.1 Å². The van der Waals surface area contributed by atoms with Gasteiger partial charge in [-0.25, -0.2) is 9.18 Å². The van der Waals surface area contributed by atoms with Gasteiger partial charge in [0.15, 0.2) is 0 Å². The van der Waals surface area contributed by atoms with Gasteiger partial charge in [-0.1, -0.05) is 19.3 Å². The molecule has 1 spiro atoms. The van der Waals surface area contributed by atoms with E-state index in [2.05, 4.69) is 16.0 Å². The fourth-order valence-corrected chi connectivity index (χ4v) is 4.34. The summed E-state index contributed by atoms with van der Waals surface area (Å²) in [5.41, 5.74) is 1.66. The van der Waals surface area contributed by atoms with Gasteiger partial charge in [0, 0.05) is 24.5 Å². The summed E-state index contributed by atoms with van der Waals surface area (Å²) in [5.74, 6) is -0.367. The number of carbonyl (C=O) groups excluding carboxylic acids is 1. The van der Waals surface area contributed by atoms with Crippen LogP contribution >= 0.6 is 0 Å². The van der Waals surface area contributed by atoms with Crippen LogP contribution in [0.1, 0.15) is 57.8 Å². The van der Waals surface area contributed by atoms with Crippen LogP contribution in [0.3, 0.4) is 0 Å². The second kappa shape index (κ2) is 7.41. The molecule has 0 saturated heterocycles. The summed E-state index contributed by atoms with van der Waals surface area (Å²) in [6, 6.07) is 4.44. The fraction of sp³-hybridized carbons (Fsp3) is 0.632. The van der Waals surface area contributed by atoms with E-state index in [1.807, 2.05) is 0 Å². The molecule has 2 aliphatic rings. The Bertz CT molecular complexity index is 574. The summed E-state index contributed by atoms with van der Waals surface area (Å²) in [6.45, 7) is 0. The first-order valence-corrected chi connectivity index (χ1v) is 9.14. The van der Waals surface area contributed by atoms with Crippen molar-refractivity contribution in [3.05, 3.63) is 24.0 Å². The lowest BCUT2D eigenvalue weighted by Gasteiger charge is -2.43. The van der Waals surface area contributed by atoms with E-state index < -0.39 is 0 Å². The molecule has 3 rings (SSSR count). The number of amides is 2. The molecule has 0 heterocycles. The zero-order valence-corrected chi connectivity index (χ0v) is 14.5. The van der Waals surface area contributed by atoms with Gasteiger partial charge in [-0.3, -0.25) is 0 Å². The number of carbonyl (C=O) groups is 1. The van der Waals surface area contributed by atoms with E-state index in [-0.39, 0.29) is 17.9 Å². The van der Waals surface area contributed by atoms with Gasteiger partial charge in [-0.2, -0.15) is 0 Å². The van der Waals surface area contributed by atoms with E-state index in [4.69, 9.17) is 0 Å². The van der Waals surface area contributed by atoms with Crippen molar-refractivity contribution in [3.63, 3.8) is 0 Å². The Labute approximate surface area is 143 Å². The van der Waals surface area contributed by atoms with Crippen LogP contribution in [0, 0.1) is 11.2 Å². The highest BCUT2D eigenvalue weighted by molar-refractivity contribution is 5.90. The fourth-order valence-electron chi connectivity index (χ4n) is 4.34. The van der Waals surface area contributed by atoms with Crippen molar-refractivity contribution < 1.29 is 9.18 Å². The van der Waals surface area contributed by atoms with Gasteiger partial charge in [0.1, 0.15) is 5.82 Å². The molecular weight excluding hydrogens is 305 g/mol. The number of nitrogens with one attached hydrogen (secondary N) is 3. The van der Waals surface area contributed by atoms with Gasteiger partial charge in [0.25, 0.3) is 0 Å². The number of rotatable bonds is 3. The van der Waals surface area contributed by atoms with E-state index >= 15 is 0 Å². The summed E-state index contributed by atoms with van der Waals surface area (Å²) < 4.78 is 13.5. The lowest BCUT2D eigenvalue weighted by atomic mass is 9.64. The molecule has 4 nitrogen and oxygen atoms in total. The molecule has 0 radical (unpaired) electrons. The van der Waals surface area contributed by atoms with Crippen LogP contribution in [-0.2, 0) is 0 Å². The predicted octanol–water partition coefficient (Wildman–Crippen LogP) is 4.88. The standard InChI is InChI=1S/C19H28FN3O/c1-21-16-11-14(20)12-17(13-16)23-18(24)22-15-5-9-19(10-6-15)7-3-2-4-8-19/h11-13,15,21H,2-10H2,1H3,(H2,22,23,24). The molecule has 1 aromatic carbocycles. The quantitative estimate of drug-likeness (QED) is 0.738. The molecule has 2 aliphatic carbocycles. The average molecular weight is 333 g/mol. The normalized spacial score (nSPS) is 20.6. The largest absolute Gasteiger partial charge is 0.388 e. The molecule has 0 atom stereocenters. The molecule has 2 amide bonds. The van der Waals surface area contributed by atoms with E-state index in [0.29, 0.717) is 16.8 Å². The second-order valence-corrected chi connectivity index (χ2v) is 7.41. The van der Waals surface area contributed by atoms with Crippen LogP contribution in [-0.4, -0.2) is 19.1 Å². The summed E-state index contributed by atoms with van der Waals surface area (Å²) in [5, 5.41) is 8.68. The van der Waals surface area contributed by atoms with Gasteiger partial charge in [-0.05, 0) is 62.1 Å². The number of benzene rings is 1. The molecule has 2 saturated carbocycles. The molecular formula is C19H28FN3O. The minimum absolute atomic E-state index is 0.231. The van der Waals surface area contributed by atoms with Crippen LogP contribution in [0.2, 0.25) is 0 Å². The molecule has 5 heteroatoms. The zero-order chi connectivity index (χ0) is 17.0. The van der Waals surface area contributed by atoms with Crippen molar-refractivity contribution in [3.8, 4) is 0 Å². The third-order valence-corrected chi connectivity index (χ3v) is 5.74. The first-order valence-electron chi connectivity index (χ1n) is 9.14. The van der Waals surface area contributed by atoms with Gasteiger partial charge in [0.2, 0.25) is 0 Å². The van der Waals surface area contributed by atoms with Gasteiger partial charge < -0.3 is 16.0 Å². The minimum Gasteiger partial charge on any atom is -0.388 e. The predicted molar refractivity (Wildman–Crippen MR) is 95.9 cm³/mol. The van der Waals surface area contributed by atoms with E-state index in [9.17, 15) is 9.18 Å². The molecule has 1 aromatic rings. The SMILES string of the molecule is CNc1cc(F)cc(NC(=O)NC2CCC3(CCCCC3)CC2)c1. The van der Waals surface area contributed by atoms with Crippen molar-refractivity contribution in [2.24, 2.45) is 5.41 Å². The van der Waals surface area contributed by atoms with Crippen LogP contribution in [0.5, 0.6) is 0 Å².